The van der Waals surface area contributed by atoms with Crippen LogP contribution in [-0.2, 0) is 6.61 Å². The highest BCUT2D eigenvalue weighted by atomic mass is 127. The van der Waals surface area contributed by atoms with Crippen LogP contribution >= 0.6 is 38.5 Å². The molecule has 1 N–H and O–H groups in total. The fourth-order valence-corrected chi connectivity index (χ4v) is 5.01. The summed E-state index contributed by atoms with van der Waals surface area (Å²) in [6, 6.07) is 15.7. The van der Waals surface area contributed by atoms with Gasteiger partial charge in [0.1, 0.15) is 12.4 Å². The van der Waals surface area contributed by atoms with Gasteiger partial charge in [0.05, 0.1) is 32.9 Å². The normalized spacial score (nSPS) is 12.1. The first-order chi connectivity index (χ1) is 18.7. The number of halogens is 2. The Morgan fingerprint density at radius 2 is 1.90 bits per heavy atom. The number of carboxylic acid groups (broad SMARTS) is 1. The van der Waals surface area contributed by atoms with Crippen LogP contribution in [-0.4, -0.2) is 33.6 Å². The van der Waals surface area contributed by atoms with Gasteiger partial charge in [0.25, 0.3) is 5.56 Å². The fourth-order valence-electron chi connectivity index (χ4n) is 3.87. The number of benzene rings is 3. The number of nitrogens with zero attached hydrogens (tertiary/aromatic N) is 3. The minimum atomic E-state index is -0.973. The predicted molar refractivity (Wildman–Crippen MR) is 163 cm³/mol. The largest absolute Gasteiger partial charge is 0.490 e. The lowest BCUT2D eigenvalue weighted by Gasteiger charge is -2.15. The Morgan fingerprint density at radius 1 is 1.15 bits per heavy atom. The van der Waals surface area contributed by atoms with Gasteiger partial charge in [0, 0.05) is 10.4 Å². The van der Waals surface area contributed by atoms with Crippen molar-refractivity contribution in [3.05, 3.63) is 95.5 Å². The van der Waals surface area contributed by atoms with E-state index >= 15 is 0 Å². The summed E-state index contributed by atoms with van der Waals surface area (Å²) >= 11 is 5.61. The Balaban J connectivity index is 1.67. The van der Waals surface area contributed by atoms with E-state index in [1.54, 1.807) is 36.5 Å². The summed E-state index contributed by atoms with van der Waals surface area (Å²) < 4.78 is 14.9. The van der Waals surface area contributed by atoms with Crippen LogP contribution in [0.1, 0.15) is 60.4 Å². The molecule has 0 bridgehead atoms. The average Bonchev–Trinajstić information content (AvgIpc) is 2.92. The van der Waals surface area contributed by atoms with Gasteiger partial charge in [-0.3, -0.25) is 4.79 Å². The number of aromatic nitrogens is 2. The highest BCUT2D eigenvalue weighted by molar-refractivity contribution is 14.1. The van der Waals surface area contributed by atoms with Gasteiger partial charge in [-0.2, -0.15) is 9.78 Å². The molecular formula is C29H27BrIN3O5. The van der Waals surface area contributed by atoms with E-state index in [9.17, 15) is 9.59 Å². The van der Waals surface area contributed by atoms with Crippen molar-refractivity contribution in [3.63, 3.8) is 0 Å². The third kappa shape index (κ3) is 6.67. The molecule has 10 heteroatoms. The summed E-state index contributed by atoms with van der Waals surface area (Å²) in [5.41, 5.74) is 2.18. The predicted octanol–water partition coefficient (Wildman–Crippen LogP) is 6.84. The van der Waals surface area contributed by atoms with E-state index < -0.39 is 5.97 Å². The number of rotatable bonds is 10. The molecule has 202 valence electrons. The molecular weight excluding hydrogens is 677 g/mol. The van der Waals surface area contributed by atoms with Gasteiger partial charge in [-0.05, 0) is 89.5 Å². The van der Waals surface area contributed by atoms with Gasteiger partial charge in [-0.1, -0.05) is 41.9 Å². The average molecular weight is 704 g/mol. The Labute approximate surface area is 248 Å². The Morgan fingerprint density at radius 3 is 2.56 bits per heavy atom. The maximum atomic E-state index is 13.4. The molecule has 8 nitrogen and oxygen atoms in total. The Kier molecular flexibility index (Phi) is 9.39. The van der Waals surface area contributed by atoms with Gasteiger partial charge >= 0.3 is 5.97 Å². The molecule has 3 aromatic carbocycles. The zero-order valence-electron chi connectivity index (χ0n) is 21.6. The molecule has 0 radical (unpaired) electrons. The zero-order chi connectivity index (χ0) is 28.1. The van der Waals surface area contributed by atoms with Crippen LogP contribution in [0.3, 0.4) is 0 Å². The van der Waals surface area contributed by atoms with Crippen molar-refractivity contribution in [1.29, 1.82) is 0 Å². The van der Waals surface area contributed by atoms with Crippen molar-refractivity contribution >= 4 is 61.6 Å². The second kappa shape index (κ2) is 12.7. The minimum Gasteiger partial charge on any atom is -0.490 e. The van der Waals surface area contributed by atoms with Gasteiger partial charge in [0.15, 0.2) is 11.5 Å². The molecule has 0 aliphatic rings. The standard InChI is InChI=1S/C29H27BrIN3O5/c1-4-17(3)27-33-24-11-10-21(30)14-22(24)28(35)34(27)32-15-19-12-23(31)26(25(13-19)38-5-2)39-16-18-6-8-20(9-7-18)29(36)37/h6-15,17H,4-5,16H2,1-3H3,(H,36,37)/t17-/m1/s1. The lowest BCUT2D eigenvalue weighted by Crippen LogP contribution is -2.23. The highest BCUT2D eigenvalue weighted by Crippen LogP contribution is 2.34. The van der Waals surface area contributed by atoms with Crippen LogP contribution in [0, 0.1) is 3.57 Å². The second-order valence-electron chi connectivity index (χ2n) is 8.86. The summed E-state index contributed by atoms with van der Waals surface area (Å²) in [7, 11) is 0. The van der Waals surface area contributed by atoms with E-state index in [2.05, 4.69) is 43.6 Å². The number of carbonyl (C=O) groups is 1. The van der Waals surface area contributed by atoms with E-state index in [-0.39, 0.29) is 23.6 Å². The van der Waals surface area contributed by atoms with Gasteiger partial charge in [-0.15, -0.1) is 0 Å². The van der Waals surface area contributed by atoms with Crippen LogP contribution in [0.15, 0.2) is 69.0 Å². The number of ether oxygens (including phenoxy) is 2. The zero-order valence-corrected chi connectivity index (χ0v) is 25.4. The number of carboxylic acids is 1. The maximum Gasteiger partial charge on any atom is 0.335 e. The molecule has 0 aliphatic heterocycles. The van der Waals surface area contributed by atoms with E-state index in [1.165, 1.54) is 4.68 Å². The third-order valence-electron chi connectivity index (χ3n) is 6.12. The molecule has 4 rings (SSSR count). The van der Waals surface area contributed by atoms with Crippen LogP contribution in [0.5, 0.6) is 11.5 Å². The van der Waals surface area contributed by atoms with Crippen molar-refractivity contribution in [3.8, 4) is 11.5 Å². The van der Waals surface area contributed by atoms with Gasteiger partial charge in [0.2, 0.25) is 0 Å². The summed E-state index contributed by atoms with van der Waals surface area (Å²) in [4.78, 5) is 29.3. The van der Waals surface area contributed by atoms with E-state index in [0.29, 0.717) is 34.8 Å². The van der Waals surface area contributed by atoms with Gasteiger partial charge < -0.3 is 14.6 Å². The summed E-state index contributed by atoms with van der Waals surface area (Å²) in [5, 5.41) is 14.2. The van der Waals surface area contributed by atoms with Crippen LogP contribution in [0.4, 0.5) is 0 Å². The number of aromatic carboxylic acids is 1. The summed E-state index contributed by atoms with van der Waals surface area (Å²) in [6.45, 7) is 6.64. The molecule has 0 saturated carbocycles. The number of fused-ring (bicyclic) bond motifs is 1. The van der Waals surface area contributed by atoms with Crippen molar-refractivity contribution in [1.82, 2.24) is 9.66 Å². The van der Waals surface area contributed by atoms with E-state index in [1.807, 2.05) is 45.0 Å². The van der Waals surface area contributed by atoms with Crippen molar-refractivity contribution in [2.75, 3.05) is 6.61 Å². The first-order valence-corrected chi connectivity index (χ1v) is 14.3. The highest BCUT2D eigenvalue weighted by Gasteiger charge is 2.17. The first-order valence-electron chi connectivity index (χ1n) is 12.4. The summed E-state index contributed by atoms with van der Waals surface area (Å²) in [6.07, 6.45) is 2.43. The molecule has 1 atom stereocenters. The molecule has 0 saturated heterocycles. The molecule has 39 heavy (non-hydrogen) atoms. The minimum absolute atomic E-state index is 0.0300. The number of hydrogen-bond donors (Lipinski definition) is 1. The van der Waals surface area contributed by atoms with Gasteiger partial charge in [-0.25, -0.2) is 9.78 Å². The topological polar surface area (TPSA) is 103 Å². The molecule has 0 spiro atoms. The lowest BCUT2D eigenvalue weighted by atomic mass is 10.1. The molecule has 0 aliphatic carbocycles. The summed E-state index contributed by atoms with van der Waals surface area (Å²) in [5.74, 6) is 0.776. The van der Waals surface area contributed by atoms with E-state index in [0.717, 1.165) is 25.6 Å². The molecule has 4 aromatic rings. The van der Waals surface area contributed by atoms with Crippen LogP contribution in [0.25, 0.3) is 10.9 Å². The smallest absolute Gasteiger partial charge is 0.335 e. The third-order valence-corrected chi connectivity index (χ3v) is 7.42. The lowest BCUT2D eigenvalue weighted by molar-refractivity contribution is 0.0697. The maximum absolute atomic E-state index is 13.4. The van der Waals surface area contributed by atoms with Crippen molar-refractivity contribution in [2.24, 2.45) is 5.10 Å². The Hall–Kier alpha value is -3.25. The molecule has 1 aromatic heterocycles. The fraction of sp³-hybridized carbons (Fsp3) is 0.241. The van der Waals surface area contributed by atoms with Crippen molar-refractivity contribution in [2.45, 2.75) is 39.7 Å². The number of hydrogen-bond acceptors (Lipinski definition) is 6. The molecule has 0 amide bonds. The quantitative estimate of drug-likeness (QED) is 0.143. The van der Waals surface area contributed by atoms with Crippen LogP contribution in [0.2, 0.25) is 0 Å². The SMILES string of the molecule is CCOc1cc(C=Nn2c([C@H](C)CC)nc3ccc(Br)cc3c2=O)cc(I)c1OCc1ccc(C(=O)O)cc1. The van der Waals surface area contributed by atoms with Crippen molar-refractivity contribution < 1.29 is 19.4 Å². The van der Waals surface area contributed by atoms with E-state index in [4.69, 9.17) is 19.6 Å². The Bertz CT molecular complexity index is 1600. The molecule has 0 unspecified atom stereocenters. The first kappa shape index (κ1) is 28.8. The van der Waals surface area contributed by atoms with Crippen LogP contribution < -0.4 is 15.0 Å². The molecule has 0 fully saturated rings. The molecule has 1 heterocycles. The second-order valence-corrected chi connectivity index (χ2v) is 10.9. The monoisotopic (exact) mass is 703 g/mol.